The van der Waals surface area contributed by atoms with Gasteiger partial charge in [-0.15, -0.1) is 11.3 Å². The van der Waals surface area contributed by atoms with Gasteiger partial charge >= 0.3 is 0 Å². The minimum atomic E-state index is -3.63. The van der Waals surface area contributed by atoms with Gasteiger partial charge in [-0.3, -0.25) is 4.79 Å². The van der Waals surface area contributed by atoms with E-state index in [-0.39, 0.29) is 10.1 Å². The van der Waals surface area contributed by atoms with E-state index in [1.54, 1.807) is 6.07 Å². The number of thiophene rings is 1. The summed E-state index contributed by atoms with van der Waals surface area (Å²) in [6, 6.07) is 3.11. The fourth-order valence-electron chi connectivity index (χ4n) is 1.22. The molecule has 7 heteroatoms. The Morgan fingerprint density at radius 3 is 2.71 bits per heavy atom. The van der Waals surface area contributed by atoms with Gasteiger partial charge in [-0.05, 0) is 18.6 Å². The molecule has 0 aliphatic carbocycles. The highest BCUT2D eigenvalue weighted by molar-refractivity contribution is 7.91. The van der Waals surface area contributed by atoms with E-state index in [0.29, 0.717) is 13.0 Å². The Kier molecular flexibility index (Phi) is 5.10. The van der Waals surface area contributed by atoms with Crippen molar-refractivity contribution in [2.24, 2.45) is 5.14 Å². The van der Waals surface area contributed by atoms with Crippen LogP contribution in [0.3, 0.4) is 0 Å². The molecule has 5 nitrogen and oxygen atoms in total. The van der Waals surface area contributed by atoms with E-state index in [1.807, 2.05) is 6.92 Å². The molecule has 1 heterocycles. The smallest absolute Gasteiger partial charge is 0.247 e. The molecule has 0 atom stereocenters. The molecule has 0 radical (unpaired) electrons. The molecule has 17 heavy (non-hydrogen) atoms. The molecule has 0 unspecified atom stereocenters. The minimum Gasteiger partial charge on any atom is -0.351 e. The zero-order valence-electron chi connectivity index (χ0n) is 9.60. The molecule has 1 aromatic rings. The first-order chi connectivity index (χ1) is 7.93. The standard InChI is InChI=1S/C10H16N2O3S2/c1-2-3-4-9(13)12-7-8-5-6-10(16-8)17(11,14)15/h5-6H,2-4,7H2,1H3,(H,12,13)(H2,11,14,15). The number of sulfonamides is 1. The Morgan fingerprint density at radius 2 is 2.18 bits per heavy atom. The lowest BCUT2D eigenvalue weighted by Gasteiger charge is -2.02. The van der Waals surface area contributed by atoms with Gasteiger partial charge in [0, 0.05) is 11.3 Å². The van der Waals surface area contributed by atoms with Gasteiger partial charge in [0.25, 0.3) is 0 Å². The fraction of sp³-hybridized carbons (Fsp3) is 0.500. The summed E-state index contributed by atoms with van der Waals surface area (Å²) in [7, 11) is -3.63. The monoisotopic (exact) mass is 276 g/mol. The van der Waals surface area contributed by atoms with Gasteiger partial charge < -0.3 is 5.32 Å². The summed E-state index contributed by atoms with van der Waals surface area (Å²) in [6.45, 7) is 2.37. The van der Waals surface area contributed by atoms with Gasteiger partial charge in [0.05, 0.1) is 6.54 Å². The molecule has 0 fully saturated rings. The molecule has 1 rings (SSSR count). The predicted octanol–water partition coefficient (Wildman–Crippen LogP) is 1.20. The highest BCUT2D eigenvalue weighted by Gasteiger charge is 2.11. The molecule has 0 saturated carbocycles. The Balaban J connectivity index is 2.48. The summed E-state index contributed by atoms with van der Waals surface area (Å²) < 4.78 is 22.2. The average Bonchev–Trinajstić information content (AvgIpc) is 2.71. The molecule has 0 aromatic carbocycles. The number of amides is 1. The van der Waals surface area contributed by atoms with Crippen molar-refractivity contribution in [1.29, 1.82) is 0 Å². The van der Waals surface area contributed by atoms with Crippen LogP contribution in [0.5, 0.6) is 0 Å². The van der Waals surface area contributed by atoms with E-state index in [2.05, 4.69) is 5.32 Å². The van der Waals surface area contributed by atoms with Crippen molar-refractivity contribution in [3.8, 4) is 0 Å². The van der Waals surface area contributed by atoms with Crippen LogP contribution in [0.15, 0.2) is 16.3 Å². The first-order valence-electron chi connectivity index (χ1n) is 5.31. The van der Waals surface area contributed by atoms with Gasteiger partial charge in [-0.25, -0.2) is 13.6 Å². The van der Waals surface area contributed by atoms with Crippen LogP contribution in [0.25, 0.3) is 0 Å². The largest absolute Gasteiger partial charge is 0.351 e. The van der Waals surface area contributed by atoms with E-state index in [9.17, 15) is 13.2 Å². The highest BCUT2D eigenvalue weighted by Crippen LogP contribution is 2.19. The van der Waals surface area contributed by atoms with Crippen LogP contribution >= 0.6 is 11.3 Å². The maximum atomic E-state index is 11.3. The lowest BCUT2D eigenvalue weighted by Crippen LogP contribution is -2.21. The highest BCUT2D eigenvalue weighted by atomic mass is 32.2. The Labute approximate surface area is 105 Å². The van der Waals surface area contributed by atoms with Gasteiger partial charge in [0.1, 0.15) is 4.21 Å². The van der Waals surface area contributed by atoms with Crippen molar-refractivity contribution < 1.29 is 13.2 Å². The van der Waals surface area contributed by atoms with Crippen molar-refractivity contribution in [1.82, 2.24) is 5.32 Å². The third-order valence-electron chi connectivity index (χ3n) is 2.13. The number of carbonyl (C=O) groups excluding carboxylic acids is 1. The van der Waals surface area contributed by atoms with Crippen molar-refractivity contribution in [2.45, 2.75) is 36.9 Å². The first-order valence-corrected chi connectivity index (χ1v) is 7.68. The molecule has 96 valence electrons. The number of carbonyl (C=O) groups is 1. The van der Waals surface area contributed by atoms with E-state index < -0.39 is 10.0 Å². The van der Waals surface area contributed by atoms with E-state index in [1.165, 1.54) is 6.07 Å². The first kappa shape index (κ1) is 14.1. The van der Waals surface area contributed by atoms with Gasteiger partial charge in [-0.1, -0.05) is 13.3 Å². The summed E-state index contributed by atoms with van der Waals surface area (Å²) in [6.07, 6.45) is 2.34. The maximum Gasteiger partial charge on any atom is 0.247 e. The normalized spacial score (nSPS) is 11.4. The van der Waals surface area contributed by atoms with Crippen LogP contribution < -0.4 is 10.5 Å². The molecule has 0 saturated heterocycles. The third-order valence-corrected chi connectivity index (χ3v) is 4.66. The van der Waals surface area contributed by atoms with Crippen LogP contribution in [0, 0.1) is 0 Å². The fourth-order valence-corrected chi connectivity index (χ4v) is 2.94. The molecule has 0 spiro atoms. The second-order valence-electron chi connectivity index (χ2n) is 3.65. The summed E-state index contributed by atoms with van der Waals surface area (Å²) in [5, 5.41) is 7.72. The second-order valence-corrected chi connectivity index (χ2v) is 6.60. The summed E-state index contributed by atoms with van der Waals surface area (Å²) in [5.74, 6) is -0.0163. The Hall–Kier alpha value is -0.920. The SMILES string of the molecule is CCCCC(=O)NCc1ccc(S(N)(=O)=O)s1. The van der Waals surface area contributed by atoms with Crippen LogP contribution in [-0.4, -0.2) is 14.3 Å². The number of hydrogen-bond acceptors (Lipinski definition) is 4. The lowest BCUT2D eigenvalue weighted by molar-refractivity contribution is -0.121. The number of unbranched alkanes of at least 4 members (excludes halogenated alkanes) is 1. The van der Waals surface area contributed by atoms with Gasteiger partial charge in [0.15, 0.2) is 0 Å². The molecular formula is C10H16N2O3S2. The molecule has 0 bridgehead atoms. The van der Waals surface area contributed by atoms with Gasteiger partial charge in [-0.2, -0.15) is 0 Å². The molecule has 0 aliphatic rings. The minimum absolute atomic E-state index is 0.0163. The molecule has 1 amide bonds. The summed E-state index contributed by atoms with van der Waals surface area (Å²) in [4.78, 5) is 12.1. The second kappa shape index (κ2) is 6.13. The number of nitrogens with one attached hydrogen (secondary N) is 1. The van der Waals surface area contributed by atoms with Crippen molar-refractivity contribution in [2.75, 3.05) is 0 Å². The van der Waals surface area contributed by atoms with Crippen molar-refractivity contribution in [3.05, 3.63) is 17.0 Å². The molecule has 3 N–H and O–H groups in total. The number of rotatable bonds is 6. The van der Waals surface area contributed by atoms with Crippen LogP contribution in [-0.2, 0) is 21.4 Å². The number of primary sulfonamides is 1. The van der Waals surface area contributed by atoms with Crippen LogP contribution in [0.4, 0.5) is 0 Å². The van der Waals surface area contributed by atoms with Crippen LogP contribution in [0.1, 0.15) is 31.1 Å². The Morgan fingerprint density at radius 1 is 1.47 bits per heavy atom. The van der Waals surface area contributed by atoms with Crippen molar-refractivity contribution in [3.63, 3.8) is 0 Å². The predicted molar refractivity (Wildman–Crippen MR) is 67.1 cm³/mol. The number of nitrogens with two attached hydrogens (primary N) is 1. The zero-order valence-corrected chi connectivity index (χ0v) is 11.2. The lowest BCUT2D eigenvalue weighted by atomic mass is 10.2. The quantitative estimate of drug-likeness (QED) is 0.818. The zero-order chi connectivity index (χ0) is 12.9. The van der Waals surface area contributed by atoms with Crippen LogP contribution in [0.2, 0.25) is 0 Å². The summed E-state index contributed by atoms with van der Waals surface area (Å²) in [5.41, 5.74) is 0. The van der Waals surface area contributed by atoms with Gasteiger partial charge in [0.2, 0.25) is 15.9 Å². The maximum absolute atomic E-state index is 11.3. The third kappa shape index (κ3) is 4.84. The van der Waals surface area contributed by atoms with E-state index in [4.69, 9.17) is 5.14 Å². The average molecular weight is 276 g/mol. The van der Waals surface area contributed by atoms with Crippen molar-refractivity contribution >= 4 is 27.3 Å². The van der Waals surface area contributed by atoms with E-state index >= 15 is 0 Å². The number of hydrogen-bond donors (Lipinski definition) is 2. The topological polar surface area (TPSA) is 89.3 Å². The molecule has 0 aliphatic heterocycles. The summed E-state index contributed by atoms with van der Waals surface area (Å²) >= 11 is 1.08. The Bertz CT molecular complexity index is 479. The molecule has 1 aromatic heterocycles. The van der Waals surface area contributed by atoms with E-state index in [0.717, 1.165) is 29.1 Å². The molecular weight excluding hydrogens is 260 g/mol.